The number of rotatable bonds is 8. The number of carbonyl (C=O) groups is 1. The second kappa shape index (κ2) is 9.09. The van der Waals surface area contributed by atoms with Crippen molar-refractivity contribution in [2.24, 2.45) is 0 Å². The molecule has 0 radical (unpaired) electrons. The Morgan fingerprint density at radius 2 is 2.15 bits per heavy atom. The minimum absolute atomic E-state index is 0.119. The van der Waals surface area contributed by atoms with Crippen LogP contribution in [0.1, 0.15) is 25.7 Å². The van der Waals surface area contributed by atoms with E-state index in [1.165, 1.54) is 0 Å². The van der Waals surface area contributed by atoms with Crippen molar-refractivity contribution in [2.75, 3.05) is 46.6 Å². The van der Waals surface area contributed by atoms with Crippen LogP contribution in [0.4, 0.5) is 0 Å². The number of nitrogens with zero attached hydrogens (tertiary/aromatic N) is 2. The molecular weight excluding hydrogens is 336 g/mol. The van der Waals surface area contributed by atoms with E-state index in [-0.39, 0.29) is 13.3 Å². The van der Waals surface area contributed by atoms with Crippen LogP contribution in [-0.2, 0) is 4.79 Å². The maximum atomic E-state index is 10.9. The van der Waals surface area contributed by atoms with Crippen molar-refractivity contribution in [1.29, 1.82) is 0 Å². The fraction of sp³-hybridized carbons (Fsp3) is 0.632. The molecule has 1 atom stereocenters. The molecule has 1 aromatic rings. The highest BCUT2D eigenvalue weighted by Gasteiger charge is 2.21. The van der Waals surface area contributed by atoms with Gasteiger partial charge in [0.15, 0.2) is 11.5 Å². The number of likely N-dealkylation sites (N-methyl/N-ethyl adjacent to an activating group) is 1. The Hall–Kier alpha value is -1.99. The van der Waals surface area contributed by atoms with Crippen molar-refractivity contribution < 1.29 is 24.1 Å². The minimum atomic E-state index is -0.755. The topological polar surface area (TPSA) is 71.5 Å². The molecule has 2 heterocycles. The summed E-state index contributed by atoms with van der Waals surface area (Å²) in [7, 11) is 1.91. The molecule has 144 valence electrons. The van der Waals surface area contributed by atoms with E-state index in [1.54, 1.807) is 0 Å². The zero-order valence-electron chi connectivity index (χ0n) is 15.4. The Morgan fingerprint density at radius 3 is 3.00 bits per heavy atom. The first kappa shape index (κ1) is 18.8. The molecule has 26 heavy (non-hydrogen) atoms. The van der Waals surface area contributed by atoms with Crippen LogP contribution in [0.15, 0.2) is 18.2 Å². The van der Waals surface area contributed by atoms with E-state index >= 15 is 0 Å². The van der Waals surface area contributed by atoms with Crippen LogP contribution in [0.3, 0.4) is 0 Å². The second-order valence-electron chi connectivity index (χ2n) is 6.95. The first-order chi connectivity index (χ1) is 12.6. The number of carboxylic acids is 1. The molecule has 0 bridgehead atoms. The first-order valence-corrected chi connectivity index (χ1v) is 9.28. The Bertz CT molecular complexity index is 610. The Kier molecular flexibility index (Phi) is 6.57. The molecule has 0 aromatic heterocycles. The number of carboxylic acid groups (broad SMARTS) is 1. The maximum Gasteiger partial charge on any atom is 0.317 e. The van der Waals surface area contributed by atoms with Gasteiger partial charge >= 0.3 is 5.97 Å². The monoisotopic (exact) mass is 364 g/mol. The quantitative estimate of drug-likeness (QED) is 0.708. The molecule has 2 aliphatic heterocycles. The number of hydrogen-bond donors (Lipinski definition) is 1. The van der Waals surface area contributed by atoms with Gasteiger partial charge in [-0.3, -0.25) is 9.69 Å². The number of benzene rings is 1. The first-order valence-electron chi connectivity index (χ1n) is 9.28. The van der Waals surface area contributed by atoms with Crippen LogP contribution in [0.5, 0.6) is 17.2 Å². The van der Waals surface area contributed by atoms with Crippen LogP contribution >= 0.6 is 0 Å². The van der Waals surface area contributed by atoms with Gasteiger partial charge in [-0.05, 0) is 58.0 Å². The van der Waals surface area contributed by atoms with Gasteiger partial charge in [0.2, 0.25) is 6.79 Å². The largest absolute Gasteiger partial charge is 0.493 e. The normalized spacial score (nSPS) is 20.2. The molecule has 1 unspecified atom stereocenters. The lowest BCUT2D eigenvalue weighted by atomic mass is 10.1. The van der Waals surface area contributed by atoms with Crippen molar-refractivity contribution in [3.8, 4) is 17.2 Å². The van der Waals surface area contributed by atoms with Crippen LogP contribution in [0.25, 0.3) is 0 Å². The molecule has 0 aliphatic carbocycles. The Morgan fingerprint density at radius 1 is 1.31 bits per heavy atom. The number of likely N-dealkylation sites (tertiary alicyclic amines) is 1. The van der Waals surface area contributed by atoms with Crippen molar-refractivity contribution in [1.82, 2.24) is 9.80 Å². The van der Waals surface area contributed by atoms with Gasteiger partial charge in [0.25, 0.3) is 0 Å². The summed E-state index contributed by atoms with van der Waals surface area (Å²) in [5.74, 6) is 1.56. The van der Waals surface area contributed by atoms with E-state index in [9.17, 15) is 4.79 Å². The lowest BCUT2D eigenvalue weighted by Crippen LogP contribution is -2.36. The summed E-state index contributed by atoms with van der Waals surface area (Å²) in [4.78, 5) is 15.3. The third-order valence-electron chi connectivity index (χ3n) is 5.03. The minimum Gasteiger partial charge on any atom is -0.493 e. The van der Waals surface area contributed by atoms with E-state index in [4.69, 9.17) is 19.3 Å². The molecule has 1 fully saturated rings. The molecule has 7 heteroatoms. The summed E-state index contributed by atoms with van der Waals surface area (Å²) in [6.07, 6.45) is 4.16. The number of hydrogen-bond acceptors (Lipinski definition) is 6. The summed E-state index contributed by atoms with van der Waals surface area (Å²) >= 11 is 0. The summed E-state index contributed by atoms with van der Waals surface area (Å²) < 4.78 is 16.5. The van der Waals surface area contributed by atoms with Crippen LogP contribution in [0, 0.1) is 0 Å². The highest BCUT2D eigenvalue weighted by Crippen LogP contribution is 2.35. The third kappa shape index (κ3) is 5.25. The van der Waals surface area contributed by atoms with Gasteiger partial charge in [-0.25, -0.2) is 0 Å². The average molecular weight is 364 g/mol. The predicted octanol–water partition coefficient (Wildman–Crippen LogP) is 2.06. The van der Waals surface area contributed by atoms with Gasteiger partial charge in [-0.15, -0.1) is 0 Å². The van der Waals surface area contributed by atoms with Crippen molar-refractivity contribution in [3.63, 3.8) is 0 Å². The van der Waals surface area contributed by atoms with Gasteiger partial charge in [-0.1, -0.05) is 0 Å². The van der Waals surface area contributed by atoms with Gasteiger partial charge < -0.3 is 24.2 Å². The van der Waals surface area contributed by atoms with Gasteiger partial charge in [0.05, 0.1) is 13.2 Å². The van der Waals surface area contributed by atoms with Gasteiger partial charge in [-0.2, -0.15) is 0 Å². The van der Waals surface area contributed by atoms with Crippen LogP contribution in [-0.4, -0.2) is 73.5 Å². The van der Waals surface area contributed by atoms with E-state index in [0.717, 1.165) is 62.6 Å². The van der Waals surface area contributed by atoms with E-state index in [2.05, 4.69) is 4.90 Å². The lowest BCUT2D eigenvalue weighted by molar-refractivity contribution is -0.138. The van der Waals surface area contributed by atoms with Gasteiger partial charge in [0, 0.05) is 18.7 Å². The number of ether oxygens (including phenoxy) is 3. The average Bonchev–Trinajstić information content (AvgIpc) is 2.94. The summed E-state index contributed by atoms with van der Waals surface area (Å²) in [5.41, 5.74) is 0. The molecule has 2 aliphatic rings. The summed E-state index contributed by atoms with van der Waals surface area (Å²) in [6, 6.07) is 6.01. The van der Waals surface area contributed by atoms with Crippen LogP contribution < -0.4 is 14.2 Å². The highest BCUT2D eigenvalue weighted by molar-refractivity contribution is 5.69. The fourth-order valence-corrected chi connectivity index (χ4v) is 3.59. The SMILES string of the molecule is CN(CC(=O)O)C1CCCN(CCCOc2ccc3c(c2)OCO3)CC1. The number of fused-ring (bicyclic) bond motifs is 1. The standard InChI is InChI=1S/C19H28N2O5/c1-20(13-19(22)23)15-4-2-8-21(10-7-15)9-3-11-24-16-5-6-17-18(12-16)26-14-25-17/h5-6,12,15H,2-4,7-11,13-14H2,1H3,(H,22,23). The molecule has 0 spiro atoms. The zero-order chi connectivity index (χ0) is 18.4. The second-order valence-corrected chi connectivity index (χ2v) is 6.95. The fourth-order valence-electron chi connectivity index (χ4n) is 3.59. The molecular formula is C19H28N2O5. The van der Waals surface area contributed by atoms with Crippen molar-refractivity contribution in [3.05, 3.63) is 18.2 Å². The molecule has 0 saturated carbocycles. The van der Waals surface area contributed by atoms with Crippen LogP contribution in [0.2, 0.25) is 0 Å². The Balaban J connectivity index is 1.35. The molecule has 1 aromatic carbocycles. The molecule has 3 rings (SSSR count). The van der Waals surface area contributed by atoms with Crippen molar-refractivity contribution >= 4 is 5.97 Å². The van der Waals surface area contributed by atoms with E-state index < -0.39 is 5.97 Å². The molecule has 0 amide bonds. The highest BCUT2D eigenvalue weighted by atomic mass is 16.7. The third-order valence-corrected chi connectivity index (χ3v) is 5.03. The molecule has 7 nitrogen and oxygen atoms in total. The molecule has 1 N–H and O–H groups in total. The molecule has 1 saturated heterocycles. The van der Waals surface area contributed by atoms with Crippen molar-refractivity contribution in [2.45, 2.75) is 31.7 Å². The van der Waals surface area contributed by atoms with Gasteiger partial charge in [0.1, 0.15) is 5.75 Å². The smallest absolute Gasteiger partial charge is 0.317 e. The van der Waals surface area contributed by atoms with E-state index in [1.807, 2.05) is 30.1 Å². The summed E-state index contributed by atoms with van der Waals surface area (Å²) in [5, 5.41) is 8.94. The lowest BCUT2D eigenvalue weighted by Gasteiger charge is -2.25. The Labute approximate surface area is 154 Å². The summed E-state index contributed by atoms with van der Waals surface area (Å²) in [6.45, 7) is 4.14. The predicted molar refractivity (Wildman–Crippen MR) is 97.0 cm³/mol. The van der Waals surface area contributed by atoms with E-state index in [0.29, 0.717) is 12.6 Å². The number of aliphatic carboxylic acids is 1. The maximum absolute atomic E-state index is 10.9. The zero-order valence-corrected chi connectivity index (χ0v) is 15.4.